The van der Waals surface area contributed by atoms with Crippen LogP contribution < -0.4 is 10.6 Å². The molecule has 0 saturated heterocycles. The summed E-state index contributed by atoms with van der Waals surface area (Å²) in [6, 6.07) is 10.4. The Balaban J connectivity index is 1.73. The van der Waals surface area contributed by atoms with Crippen molar-refractivity contribution in [1.82, 2.24) is 15.2 Å². The minimum absolute atomic E-state index is 0.0970. The van der Waals surface area contributed by atoms with E-state index in [1.807, 2.05) is 0 Å². The van der Waals surface area contributed by atoms with Gasteiger partial charge in [0, 0.05) is 23.3 Å². The van der Waals surface area contributed by atoms with Crippen LogP contribution in [0.3, 0.4) is 0 Å². The molecule has 2 amide bonds. The molecule has 0 saturated carbocycles. The second-order valence-electron chi connectivity index (χ2n) is 8.35. The lowest BCUT2D eigenvalue weighted by atomic mass is 10.0. The van der Waals surface area contributed by atoms with E-state index in [9.17, 15) is 24.3 Å². The van der Waals surface area contributed by atoms with Crippen LogP contribution in [0.2, 0.25) is 0 Å². The highest BCUT2D eigenvalue weighted by Gasteiger charge is 2.26. The van der Waals surface area contributed by atoms with Gasteiger partial charge in [-0.3, -0.25) is 9.69 Å². The zero-order valence-corrected chi connectivity index (χ0v) is 20.5. The number of amides is 2. The third-order valence-electron chi connectivity index (χ3n) is 4.82. The molecule has 0 fully saturated rings. The lowest BCUT2D eigenvalue weighted by Crippen LogP contribution is -2.44. The number of benzene rings is 2. The van der Waals surface area contributed by atoms with Crippen molar-refractivity contribution in [1.29, 1.82) is 0 Å². The van der Waals surface area contributed by atoms with E-state index in [0.717, 1.165) is 0 Å². The normalized spacial score (nSPS) is 11.7. The van der Waals surface area contributed by atoms with E-state index in [1.165, 1.54) is 35.2 Å². The third-order valence-corrected chi connectivity index (χ3v) is 5.43. The van der Waals surface area contributed by atoms with E-state index >= 15 is 0 Å². The average Bonchev–Trinajstić information content (AvgIpc) is 3.25. The highest BCUT2D eigenvalue weighted by Crippen LogP contribution is 2.22. The summed E-state index contributed by atoms with van der Waals surface area (Å²) >= 11 is 3.06. The molecule has 0 unspecified atom stereocenters. The van der Waals surface area contributed by atoms with E-state index in [2.05, 4.69) is 46.7 Å². The molecule has 0 spiro atoms. The first-order valence-corrected chi connectivity index (χ1v) is 11.0. The van der Waals surface area contributed by atoms with Crippen molar-refractivity contribution in [3.8, 4) is 0 Å². The van der Waals surface area contributed by atoms with Crippen LogP contribution in [0.25, 0.3) is 0 Å². The van der Waals surface area contributed by atoms with Crippen LogP contribution in [-0.4, -0.2) is 48.9 Å². The van der Waals surface area contributed by atoms with Crippen molar-refractivity contribution < 1.29 is 28.9 Å². The van der Waals surface area contributed by atoms with Gasteiger partial charge in [0.05, 0.1) is 4.47 Å². The standard InChI is InChI=1S/C22H22BrFN6O5/c1-22(2,3)30(21(32)33)11-12-4-6-13(7-5-12)20(31)26-19-17(28-35-29-19)18(27-34)25-14-8-9-16(24)15(23)10-14/h4-10,34H,11H2,1-3H3,(H,25,27)(H,32,33)(H,26,29,31). The van der Waals surface area contributed by atoms with Gasteiger partial charge in [0.25, 0.3) is 5.91 Å². The molecule has 0 bridgehead atoms. The summed E-state index contributed by atoms with van der Waals surface area (Å²) in [6.45, 7) is 5.53. The van der Waals surface area contributed by atoms with Crippen LogP contribution in [0.15, 0.2) is 56.7 Å². The minimum atomic E-state index is -1.05. The van der Waals surface area contributed by atoms with Crippen molar-refractivity contribution in [2.45, 2.75) is 32.9 Å². The molecular weight excluding hydrogens is 527 g/mol. The molecule has 3 rings (SSSR count). The summed E-state index contributed by atoms with van der Waals surface area (Å²) in [7, 11) is 0. The summed E-state index contributed by atoms with van der Waals surface area (Å²) < 4.78 is 18.3. The molecule has 4 N–H and O–H groups in total. The molecular formula is C22H22BrFN6O5. The number of carbonyl (C=O) groups is 2. The average molecular weight is 549 g/mol. The van der Waals surface area contributed by atoms with Crippen LogP contribution in [0.5, 0.6) is 0 Å². The fraction of sp³-hybridized carbons (Fsp3) is 0.227. The molecule has 0 aliphatic carbocycles. The largest absolute Gasteiger partial charge is 0.465 e. The lowest BCUT2D eigenvalue weighted by molar-refractivity contribution is 0.0952. The number of anilines is 2. The first-order valence-electron chi connectivity index (χ1n) is 10.2. The summed E-state index contributed by atoms with van der Waals surface area (Å²) in [5.41, 5.74) is 0.639. The highest BCUT2D eigenvalue weighted by atomic mass is 79.9. The Morgan fingerprint density at radius 3 is 2.40 bits per heavy atom. The van der Waals surface area contributed by atoms with E-state index in [-0.39, 0.29) is 33.9 Å². The minimum Gasteiger partial charge on any atom is -0.465 e. The molecule has 3 aromatic rings. The lowest BCUT2D eigenvalue weighted by Gasteiger charge is -2.33. The van der Waals surface area contributed by atoms with Gasteiger partial charge in [0.1, 0.15) is 5.82 Å². The first kappa shape index (κ1) is 25.6. The maximum atomic E-state index is 13.5. The second-order valence-corrected chi connectivity index (χ2v) is 9.21. The summed E-state index contributed by atoms with van der Waals surface area (Å²) in [5, 5.41) is 34.6. The quantitative estimate of drug-likeness (QED) is 0.149. The van der Waals surface area contributed by atoms with E-state index in [4.69, 9.17) is 0 Å². The van der Waals surface area contributed by atoms with Crippen molar-refractivity contribution in [2.24, 2.45) is 5.16 Å². The number of nitrogens with zero attached hydrogens (tertiary/aromatic N) is 4. The van der Waals surface area contributed by atoms with Crippen LogP contribution >= 0.6 is 15.9 Å². The molecule has 35 heavy (non-hydrogen) atoms. The van der Waals surface area contributed by atoms with Crippen LogP contribution in [0.4, 0.5) is 20.7 Å². The van der Waals surface area contributed by atoms with Gasteiger partial charge in [0.15, 0.2) is 5.69 Å². The smallest absolute Gasteiger partial charge is 0.408 e. The fourth-order valence-electron chi connectivity index (χ4n) is 2.98. The first-order chi connectivity index (χ1) is 16.5. The van der Waals surface area contributed by atoms with Gasteiger partial charge in [-0.05, 0) is 82.9 Å². The molecule has 0 aliphatic rings. The predicted octanol–water partition coefficient (Wildman–Crippen LogP) is 4.75. The summed E-state index contributed by atoms with van der Waals surface area (Å²) in [5.74, 6) is -1.35. The Morgan fingerprint density at radius 2 is 1.83 bits per heavy atom. The summed E-state index contributed by atoms with van der Waals surface area (Å²) in [6.07, 6.45) is -1.05. The van der Waals surface area contributed by atoms with E-state index < -0.39 is 23.4 Å². The molecule has 2 aromatic carbocycles. The van der Waals surface area contributed by atoms with Crippen molar-refractivity contribution in [3.05, 3.63) is 69.6 Å². The van der Waals surface area contributed by atoms with Gasteiger partial charge in [-0.15, -0.1) is 0 Å². The zero-order chi connectivity index (χ0) is 25.8. The maximum Gasteiger partial charge on any atom is 0.408 e. The van der Waals surface area contributed by atoms with E-state index in [1.54, 1.807) is 32.9 Å². The molecule has 11 nitrogen and oxygen atoms in total. The Morgan fingerprint density at radius 1 is 1.14 bits per heavy atom. The Hall–Kier alpha value is -4.00. The molecule has 184 valence electrons. The number of carbonyl (C=O) groups excluding carboxylic acids is 1. The van der Waals surface area contributed by atoms with Crippen LogP contribution in [0, 0.1) is 5.82 Å². The van der Waals surface area contributed by atoms with Gasteiger partial charge in [-0.1, -0.05) is 17.3 Å². The number of oxime groups is 1. The van der Waals surface area contributed by atoms with E-state index in [0.29, 0.717) is 11.3 Å². The predicted molar refractivity (Wildman–Crippen MR) is 128 cm³/mol. The van der Waals surface area contributed by atoms with Crippen LogP contribution in [0.1, 0.15) is 42.4 Å². The number of carboxylic acid groups (broad SMARTS) is 1. The van der Waals surface area contributed by atoms with Crippen molar-refractivity contribution >= 4 is 45.3 Å². The third kappa shape index (κ3) is 6.32. The Bertz CT molecular complexity index is 1260. The molecule has 1 heterocycles. The molecule has 1 aromatic heterocycles. The van der Waals surface area contributed by atoms with Gasteiger partial charge in [0.2, 0.25) is 11.7 Å². The van der Waals surface area contributed by atoms with Gasteiger partial charge < -0.3 is 20.9 Å². The number of aromatic nitrogens is 2. The van der Waals surface area contributed by atoms with Gasteiger partial charge >= 0.3 is 6.09 Å². The molecule has 0 radical (unpaired) electrons. The topological polar surface area (TPSA) is 153 Å². The highest BCUT2D eigenvalue weighted by molar-refractivity contribution is 9.10. The Labute approximate surface area is 207 Å². The van der Waals surface area contributed by atoms with Crippen LogP contribution in [-0.2, 0) is 6.54 Å². The number of nitrogens with one attached hydrogen (secondary N) is 2. The second kappa shape index (κ2) is 10.5. The number of hydrogen-bond donors (Lipinski definition) is 4. The molecule has 0 aliphatic heterocycles. The number of halogens is 2. The fourth-order valence-corrected chi connectivity index (χ4v) is 3.36. The number of rotatable bonds is 6. The SMILES string of the molecule is CC(C)(C)N(Cc1ccc(C(=O)Nc2nonc2/C(=N\O)Nc2ccc(F)c(Br)c2)cc1)C(=O)O. The molecule has 0 atom stereocenters. The van der Waals surface area contributed by atoms with Gasteiger partial charge in [-0.2, -0.15) is 0 Å². The maximum absolute atomic E-state index is 13.5. The molecule has 13 heteroatoms. The zero-order valence-electron chi connectivity index (χ0n) is 18.9. The Kier molecular flexibility index (Phi) is 7.69. The summed E-state index contributed by atoms with van der Waals surface area (Å²) in [4.78, 5) is 25.6. The van der Waals surface area contributed by atoms with Crippen molar-refractivity contribution in [2.75, 3.05) is 10.6 Å². The monoisotopic (exact) mass is 548 g/mol. The number of amidine groups is 1. The van der Waals surface area contributed by atoms with Gasteiger partial charge in [-0.25, -0.2) is 13.8 Å². The van der Waals surface area contributed by atoms with Crippen molar-refractivity contribution in [3.63, 3.8) is 0 Å². The number of hydrogen-bond acceptors (Lipinski definition) is 7.